The lowest BCUT2D eigenvalue weighted by atomic mass is 10.2. The molecule has 1 heterocycles. The van der Waals surface area contributed by atoms with Crippen LogP contribution >= 0.6 is 15.9 Å². The maximum absolute atomic E-state index is 8.78. The minimum atomic E-state index is 0.446. The molecule has 1 aromatic heterocycles. The van der Waals surface area contributed by atoms with E-state index >= 15 is 0 Å². The number of hydrogen-bond acceptors (Lipinski definition) is 3. The number of halogens is 1. The van der Waals surface area contributed by atoms with Crippen LogP contribution in [-0.4, -0.2) is 4.98 Å². The maximum Gasteiger partial charge on any atom is 0.140 e. The zero-order valence-electron chi connectivity index (χ0n) is 9.94. The number of anilines is 1. The molecule has 4 heteroatoms. The van der Waals surface area contributed by atoms with Crippen LogP contribution in [0.2, 0.25) is 0 Å². The van der Waals surface area contributed by atoms with Crippen molar-refractivity contribution in [3.63, 3.8) is 0 Å². The van der Waals surface area contributed by atoms with Gasteiger partial charge in [0, 0.05) is 22.9 Å². The second-order valence-corrected chi connectivity index (χ2v) is 4.83. The van der Waals surface area contributed by atoms with Gasteiger partial charge < -0.3 is 5.32 Å². The molecule has 90 valence electrons. The number of nitriles is 1. The van der Waals surface area contributed by atoms with Crippen LogP contribution in [-0.2, 0) is 6.54 Å². The Labute approximate surface area is 115 Å². The molecular formula is C14H12BrN3. The van der Waals surface area contributed by atoms with Gasteiger partial charge >= 0.3 is 0 Å². The SMILES string of the molecule is Cc1cc(NCc2ccnc(C#N)c2)ccc1Br. The number of nitrogens with zero attached hydrogens (tertiary/aromatic N) is 2. The zero-order valence-corrected chi connectivity index (χ0v) is 11.5. The molecule has 0 radical (unpaired) electrons. The Hall–Kier alpha value is -1.86. The van der Waals surface area contributed by atoms with Crippen LogP contribution in [0.3, 0.4) is 0 Å². The number of aromatic nitrogens is 1. The molecule has 0 unspecified atom stereocenters. The molecular weight excluding hydrogens is 290 g/mol. The maximum atomic E-state index is 8.78. The molecule has 3 nitrogen and oxygen atoms in total. The third-order valence-electron chi connectivity index (χ3n) is 2.59. The van der Waals surface area contributed by atoms with Crippen molar-refractivity contribution in [1.82, 2.24) is 4.98 Å². The molecule has 0 aliphatic heterocycles. The average molecular weight is 302 g/mol. The second kappa shape index (κ2) is 5.65. The van der Waals surface area contributed by atoms with Gasteiger partial charge in [-0.2, -0.15) is 5.26 Å². The quantitative estimate of drug-likeness (QED) is 0.941. The van der Waals surface area contributed by atoms with Crippen molar-refractivity contribution in [3.05, 3.63) is 57.8 Å². The smallest absolute Gasteiger partial charge is 0.140 e. The molecule has 1 N–H and O–H groups in total. The fourth-order valence-corrected chi connectivity index (χ4v) is 1.85. The lowest BCUT2D eigenvalue weighted by Crippen LogP contribution is -2.00. The third-order valence-corrected chi connectivity index (χ3v) is 3.48. The normalized spacial score (nSPS) is 9.83. The fraction of sp³-hybridized carbons (Fsp3) is 0.143. The Morgan fingerprint density at radius 1 is 1.33 bits per heavy atom. The number of rotatable bonds is 3. The Bertz CT molecular complexity index is 602. The number of benzene rings is 1. The van der Waals surface area contributed by atoms with E-state index in [0.717, 1.165) is 15.7 Å². The summed E-state index contributed by atoms with van der Waals surface area (Å²) in [6, 6.07) is 11.8. The van der Waals surface area contributed by atoms with E-state index in [2.05, 4.69) is 39.2 Å². The van der Waals surface area contributed by atoms with Crippen LogP contribution < -0.4 is 5.32 Å². The number of nitrogens with one attached hydrogen (secondary N) is 1. The molecule has 0 aliphatic rings. The van der Waals surface area contributed by atoms with Crippen molar-refractivity contribution >= 4 is 21.6 Å². The summed E-state index contributed by atoms with van der Waals surface area (Å²) in [6.45, 7) is 2.73. The van der Waals surface area contributed by atoms with E-state index in [4.69, 9.17) is 5.26 Å². The number of hydrogen-bond donors (Lipinski definition) is 1. The van der Waals surface area contributed by atoms with Crippen LogP contribution in [0.4, 0.5) is 5.69 Å². The minimum absolute atomic E-state index is 0.446. The summed E-state index contributed by atoms with van der Waals surface area (Å²) in [5, 5.41) is 12.1. The van der Waals surface area contributed by atoms with Gasteiger partial charge in [-0.05, 0) is 48.4 Å². The van der Waals surface area contributed by atoms with Crippen LogP contribution in [0.25, 0.3) is 0 Å². The van der Waals surface area contributed by atoms with Crippen LogP contribution in [0.15, 0.2) is 41.0 Å². The highest BCUT2D eigenvalue weighted by Gasteiger charge is 1.99. The first-order valence-corrected chi connectivity index (χ1v) is 6.33. The number of aryl methyl sites for hydroxylation is 1. The molecule has 2 rings (SSSR count). The molecule has 18 heavy (non-hydrogen) atoms. The topological polar surface area (TPSA) is 48.7 Å². The van der Waals surface area contributed by atoms with Gasteiger partial charge in [-0.25, -0.2) is 4.98 Å². The molecule has 0 saturated carbocycles. The van der Waals surface area contributed by atoms with Crippen molar-refractivity contribution in [2.45, 2.75) is 13.5 Å². The lowest BCUT2D eigenvalue weighted by molar-refractivity contribution is 1.11. The molecule has 0 aliphatic carbocycles. The predicted octanol–water partition coefficient (Wildman–Crippen LogP) is 3.64. The highest BCUT2D eigenvalue weighted by molar-refractivity contribution is 9.10. The average Bonchev–Trinajstić information content (AvgIpc) is 2.40. The molecule has 0 atom stereocenters. The van der Waals surface area contributed by atoms with Gasteiger partial charge in [0.15, 0.2) is 0 Å². The van der Waals surface area contributed by atoms with Gasteiger partial charge in [0.1, 0.15) is 11.8 Å². The van der Waals surface area contributed by atoms with Crippen LogP contribution in [0.1, 0.15) is 16.8 Å². The predicted molar refractivity (Wildman–Crippen MR) is 75.2 cm³/mol. The van der Waals surface area contributed by atoms with Crippen molar-refractivity contribution < 1.29 is 0 Å². The van der Waals surface area contributed by atoms with E-state index < -0.39 is 0 Å². The van der Waals surface area contributed by atoms with E-state index in [1.165, 1.54) is 5.56 Å². The van der Waals surface area contributed by atoms with E-state index in [1.807, 2.05) is 24.3 Å². The minimum Gasteiger partial charge on any atom is -0.381 e. The monoisotopic (exact) mass is 301 g/mol. The van der Waals surface area contributed by atoms with Gasteiger partial charge in [-0.3, -0.25) is 0 Å². The Kier molecular flexibility index (Phi) is 3.96. The fourth-order valence-electron chi connectivity index (χ4n) is 1.60. The van der Waals surface area contributed by atoms with E-state index in [9.17, 15) is 0 Å². The highest BCUT2D eigenvalue weighted by Crippen LogP contribution is 2.20. The summed E-state index contributed by atoms with van der Waals surface area (Å²) >= 11 is 3.47. The second-order valence-electron chi connectivity index (χ2n) is 3.98. The Morgan fingerprint density at radius 2 is 2.17 bits per heavy atom. The van der Waals surface area contributed by atoms with Crippen molar-refractivity contribution in [3.8, 4) is 6.07 Å². The highest BCUT2D eigenvalue weighted by atomic mass is 79.9. The summed E-state index contributed by atoms with van der Waals surface area (Å²) in [4.78, 5) is 3.94. The first-order valence-electron chi connectivity index (χ1n) is 5.54. The van der Waals surface area contributed by atoms with Crippen LogP contribution in [0, 0.1) is 18.3 Å². The zero-order chi connectivity index (χ0) is 13.0. The molecule has 2 aromatic rings. The summed E-state index contributed by atoms with van der Waals surface area (Å²) in [5.74, 6) is 0. The van der Waals surface area contributed by atoms with Gasteiger partial charge in [0.05, 0.1) is 0 Å². The van der Waals surface area contributed by atoms with Gasteiger partial charge in [-0.15, -0.1) is 0 Å². The van der Waals surface area contributed by atoms with Crippen molar-refractivity contribution in [1.29, 1.82) is 5.26 Å². The first kappa shape index (κ1) is 12.6. The molecule has 0 spiro atoms. The van der Waals surface area contributed by atoms with Crippen molar-refractivity contribution in [2.24, 2.45) is 0 Å². The Morgan fingerprint density at radius 3 is 2.89 bits per heavy atom. The summed E-state index contributed by atoms with van der Waals surface area (Å²) in [5.41, 5.74) is 3.74. The van der Waals surface area contributed by atoms with E-state index in [1.54, 1.807) is 12.3 Å². The lowest BCUT2D eigenvalue weighted by Gasteiger charge is -2.08. The molecule has 0 fully saturated rings. The summed E-state index contributed by atoms with van der Waals surface area (Å²) in [7, 11) is 0. The van der Waals surface area contributed by atoms with Gasteiger partial charge in [0.2, 0.25) is 0 Å². The molecule has 1 aromatic carbocycles. The first-order chi connectivity index (χ1) is 8.69. The largest absolute Gasteiger partial charge is 0.381 e. The van der Waals surface area contributed by atoms with E-state index in [-0.39, 0.29) is 0 Å². The van der Waals surface area contributed by atoms with Crippen LogP contribution in [0.5, 0.6) is 0 Å². The molecule has 0 saturated heterocycles. The number of pyridine rings is 1. The summed E-state index contributed by atoms with van der Waals surface area (Å²) < 4.78 is 1.10. The van der Waals surface area contributed by atoms with Crippen molar-refractivity contribution in [2.75, 3.05) is 5.32 Å². The van der Waals surface area contributed by atoms with Gasteiger partial charge in [0.25, 0.3) is 0 Å². The Balaban J connectivity index is 2.07. The van der Waals surface area contributed by atoms with Gasteiger partial charge in [-0.1, -0.05) is 15.9 Å². The van der Waals surface area contributed by atoms with E-state index in [0.29, 0.717) is 12.2 Å². The molecule has 0 bridgehead atoms. The standard InChI is InChI=1S/C14H12BrN3/c1-10-6-12(2-3-14(10)15)18-9-11-4-5-17-13(7-11)8-16/h2-7,18H,9H2,1H3. The molecule has 0 amide bonds. The summed E-state index contributed by atoms with van der Waals surface area (Å²) in [6.07, 6.45) is 1.66. The third kappa shape index (κ3) is 3.08.